The number of nitriles is 1. The lowest BCUT2D eigenvalue weighted by Gasteiger charge is -2.21. The van der Waals surface area contributed by atoms with Gasteiger partial charge >= 0.3 is 0 Å². The number of nitrogens with zero attached hydrogens (tertiary/aromatic N) is 2. The van der Waals surface area contributed by atoms with Gasteiger partial charge in [0, 0.05) is 30.4 Å². The van der Waals surface area contributed by atoms with Crippen molar-refractivity contribution in [2.45, 2.75) is 11.4 Å². The molecular formula is C26H23N3O5S. The maximum absolute atomic E-state index is 13.1. The number of rotatable bonds is 8. The quantitative estimate of drug-likeness (QED) is 0.480. The van der Waals surface area contributed by atoms with Crippen molar-refractivity contribution in [3.63, 3.8) is 0 Å². The van der Waals surface area contributed by atoms with E-state index in [1.54, 1.807) is 53.4 Å². The van der Waals surface area contributed by atoms with Crippen LogP contribution < -0.4 is 14.2 Å². The van der Waals surface area contributed by atoms with Crippen molar-refractivity contribution in [1.82, 2.24) is 4.90 Å². The molecule has 1 aliphatic rings. The summed E-state index contributed by atoms with van der Waals surface area (Å²) in [5.41, 5.74) is 2.15. The SMILES string of the molecule is C=CCN(Cc1ccc(C#N)cc1)C(=O)c1ccc(NS(=O)(=O)c2ccc3c(c2)OCCO3)cc1. The van der Waals surface area contributed by atoms with Crippen LogP contribution in [-0.4, -0.2) is 39.0 Å². The van der Waals surface area contributed by atoms with Crippen molar-refractivity contribution in [1.29, 1.82) is 5.26 Å². The summed E-state index contributed by atoms with van der Waals surface area (Å²) < 4.78 is 39.1. The Kier molecular flexibility index (Phi) is 7.03. The molecule has 0 unspecified atom stereocenters. The molecule has 8 nitrogen and oxygen atoms in total. The Labute approximate surface area is 204 Å². The maximum Gasteiger partial charge on any atom is 0.262 e. The molecule has 3 aromatic rings. The number of hydrogen-bond donors (Lipinski definition) is 1. The molecule has 1 heterocycles. The highest BCUT2D eigenvalue weighted by atomic mass is 32.2. The Morgan fingerprint density at radius 3 is 2.37 bits per heavy atom. The van der Waals surface area contributed by atoms with E-state index >= 15 is 0 Å². The van der Waals surface area contributed by atoms with Gasteiger partial charge in [0.15, 0.2) is 11.5 Å². The van der Waals surface area contributed by atoms with E-state index in [-0.39, 0.29) is 10.8 Å². The molecule has 0 fully saturated rings. The van der Waals surface area contributed by atoms with Gasteiger partial charge in [0.05, 0.1) is 16.5 Å². The summed E-state index contributed by atoms with van der Waals surface area (Å²) in [5, 5.41) is 8.96. The molecule has 35 heavy (non-hydrogen) atoms. The number of carbonyl (C=O) groups excluding carboxylic acids is 1. The lowest BCUT2D eigenvalue weighted by molar-refractivity contribution is 0.0762. The van der Waals surface area contributed by atoms with Crippen LogP contribution in [0.3, 0.4) is 0 Å². The first-order valence-electron chi connectivity index (χ1n) is 10.8. The van der Waals surface area contributed by atoms with Gasteiger partial charge in [-0.3, -0.25) is 9.52 Å². The van der Waals surface area contributed by atoms with Crippen molar-refractivity contribution in [2.24, 2.45) is 0 Å². The van der Waals surface area contributed by atoms with Gasteiger partial charge in [0.2, 0.25) is 0 Å². The first kappa shape index (κ1) is 23.9. The molecule has 1 amide bonds. The number of benzene rings is 3. The Hall–Kier alpha value is -4.29. The minimum Gasteiger partial charge on any atom is -0.486 e. The summed E-state index contributed by atoms with van der Waals surface area (Å²) in [5.74, 6) is 0.656. The van der Waals surface area contributed by atoms with E-state index in [1.807, 2.05) is 0 Å². The molecule has 178 valence electrons. The molecule has 0 bridgehead atoms. The zero-order valence-corrected chi connectivity index (χ0v) is 19.6. The van der Waals surface area contributed by atoms with Crippen LogP contribution in [0.1, 0.15) is 21.5 Å². The fourth-order valence-corrected chi connectivity index (χ4v) is 4.62. The van der Waals surface area contributed by atoms with Crippen LogP contribution in [-0.2, 0) is 16.6 Å². The second-order valence-corrected chi connectivity index (χ2v) is 9.45. The Morgan fingerprint density at radius 2 is 1.71 bits per heavy atom. The van der Waals surface area contributed by atoms with Gasteiger partial charge in [-0.1, -0.05) is 18.2 Å². The molecule has 0 saturated heterocycles. The summed E-state index contributed by atoms with van der Waals surface area (Å²) in [7, 11) is -3.87. The zero-order valence-electron chi connectivity index (χ0n) is 18.8. The summed E-state index contributed by atoms with van der Waals surface area (Å²) in [6.45, 7) is 5.17. The van der Waals surface area contributed by atoms with Gasteiger partial charge in [-0.15, -0.1) is 6.58 Å². The number of amides is 1. The third kappa shape index (κ3) is 5.62. The van der Waals surface area contributed by atoms with Gasteiger partial charge in [-0.2, -0.15) is 5.26 Å². The van der Waals surface area contributed by atoms with E-state index in [0.29, 0.717) is 54.6 Å². The molecule has 1 aliphatic heterocycles. The van der Waals surface area contributed by atoms with E-state index in [2.05, 4.69) is 17.4 Å². The summed E-state index contributed by atoms with van der Waals surface area (Å²) >= 11 is 0. The van der Waals surface area contributed by atoms with Crippen LogP contribution >= 0.6 is 0 Å². The standard InChI is InChI=1S/C26H23N3O5S/c1-2-13-29(18-20-5-3-19(17-27)4-6-20)26(30)21-7-9-22(10-8-21)28-35(31,32)23-11-12-24-25(16-23)34-15-14-33-24/h2-12,16,28H,1,13-15,18H2. The molecule has 3 aromatic carbocycles. The largest absolute Gasteiger partial charge is 0.486 e. The van der Waals surface area contributed by atoms with Gasteiger partial charge in [-0.25, -0.2) is 8.42 Å². The summed E-state index contributed by atoms with van der Waals surface area (Å²) in [6, 6.07) is 19.7. The predicted molar refractivity (Wildman–Crippen MR) is 131 cm³/mol. The Morgan fingerprint density at radius 1 is 1.03 bits per heavy atom. The number of ether oxygens (including phenoxy) is 2. The van der Waals surface area contributed by atoms with Gasteiger partial charge in [0.25, 0.3) is 15.9 Å². The molecule has 4 rings (SSSR count). The molecule has 0 aliphatic carbocycles. The van der Waals surface area contributed by atoms with Crippen LogP contribution in [0.2, 0.25) is 0 Å². The van der Waals surface area contributed by atoms with Crippen molar-refractivity contribution in [3.8, 4) is 17.6 Å². The smallest absolute Gasteiger partial charge is 0.262 e. The van der Waals surface area contributed by atoms with E-state index in [4.69, 9.17) is 14.7 Å². The number of nitrogens with one attached hydrogen (secondary N) is 1. The topological polar surface area (TPSA) is 109 Å². The fourth-order valence-electron chi connectivity index (χ4n) is 3.55. The second kappa shape index (κ2) is 10.3. The molecular weight excluding hydrogens is 466 g/mol. The molecule has 0 radical (unpaired) electrons. The van der Waals surface area contributed by atoms with E-state index in [1.165, 1.54) is 24.3 Å². The van der Waals surface area contributed by atoms with Crippen molar-refractivity contribution in [3.05, 3.63) is 96.1 Å². The highest BCUT2D eigenvalue weighted by Crippen LogP contribution is 2.32. The third-order valence-corrected chi connectivity index (χ3v) is 6.68. The third-order valence-electron chi connectivity index (χ3n) is 5.30. The average Bonchev–Trinajstić information content (AvgIpc) is 2.88. The lowest BCUT2D eigenvalue weighted by atomic mass is 10.1. The van der Waals surface area contributed by atoms with Crippen LogP contribution in [0.15, 0.2) is 84.3 Å². The van der Waals surface area contributed by atoms with Gasteiger partial charge in [-0.05, 0) is 54.1 Å². The second-order valence-electron chi connectivity index (χ2n) is 7.77. The van der Waals surface area contributed by atoms with E-state index in [0.717, 1.165) is 5.56 Å². The van der Waals surface area contributed by atoms with Gasteiger partial charge < -0.3 is 14.4 Å². The van der Waals surface area contributed by atoms with Crippen LogP contribution in [0.25, 0.3) is 0 Å². The number of anilines is 1. The van der Waals surface area contributed by atoms with Crippen LogP contribution in [0.4, 0.5) is 5.69 Å². The monoisotopic (exact) mass is 489 g/mol. The molecule has 0 saturated carbocycles. The maximum atomic E-state index is 13.1. The Balaban J connectivity index is 1.47. The molecule has 0 spiro atoms. The first-order chi connectivity index (χ1) is 16.9. The zero-order chi connectivity index (χ0) is 24.8. The molecule has 0 aromatic heterocycles. The highest BCUT2D eigenvalue weighted by molar-refractivity contribution is 7.92. The van der Waals surface area contributed by atoms with Crippen molar-refractivity contribution in [2.75, 3.05) is 24.5 Å². The highest BCUT2D eigenvalue weighted by Gasteiger charge is 2.20. The number of hydrogen-bond acceptors (Lipinski definition) is 6. The summed E-state index contributed by atoms with van der Waals surface area (Å²) in [4.78, 5) is 14.7. The van der Waals surface area contributed by atoms with Crippen molar-refractivity contribution >= 4 is 21.6 Å². The summed E-state index contributed by atoms with van der Waals surface area (Å²) in [6.07, 6.45) is 1.64. The number of fused-ring (bicyclic) bond motifs is 1. The van der Waals surface area contributed by atoms with E-state index in [9.17, 15) is 13.2 Å². The average molecular weight is 490 g/mol. The van der Waals surface area contributed by atoms with Crippen molar-refractivity contribution < 1.29 is 22.7 Å². The Bertz CT molecular complexity index is 1380. The van der Waals surface area contributed by atoms with Crippen LogP contribution in [0.5, 0.6) is 11.5 Å². The van der Waals surface area contributed by atoms with Gasteiger partial charge in [0.1, 0.15) is 13.2 Å². The normalized spacial score (nSPS) is 12.3. The number of sulfonamides is 1. The molecule has 1 N–H and O–H groups in total. The lowest BCUT2D eigenvalue weighted by Crippen LogP contribution is -2.30. The van der Waals surface area contributed by atoms with Crippen LogP contribution in [0, 0.1) is 11.3 Å². The molecule has 0 atom stereocenters. The fraction of sp³-hybridized carbons (Fsp3) is 0.154. The number of carbonyl (C=O) groups is 1. The van der Waals surface area contributed by atoms with E-state index < -0.39 is 10.0 Å². The molecule has 9 heteroatoms. The first-order valence-corrected chi connectivity index (χ1v) is 12.3. The predicted octanol–water partition coefficient (Wildman–Crippen LogP) is 3.96. The minimum absolute atomic E-state index is 0.0430. The minimum atomic E-state index is -3.87.